The molecule has 0 bridgehead atoms. The fourth-order valence-corrected chi connectivity index (χ4v) is 2.65. The van der Waals surface area contributed by atoms with E-state index in [1.165, 1.54) is 19.1 Å². The number of benzene rings is 1. The van der Waals surface area contributed by atoms with E-state index in [9.17, 15) is 14.4 Å². The Labute approximate surface area is 168 Å². The molecule has 1 amide bonds. The minimum atomic E-state index is -0.704. The Kier molecular flexibility index (Phi) is 6.69. The van der Waals surface area contributed by atoms with Crippen molar-refractivity contribution in [3.8, 4) is 0 Å². The van der Waals surface area contributed by atoms with Gasteiger partial charge in [-0.3, -0.25) is 4.79 Å². The predicted octanol–water partition coefficient (Wildman–Crippen LogP) is 2.72. The van der Waals surface area contributed by atoms with Gasteiger partial charge in [-0.2, -0.15) is 0 Å². The molecule has 0 saturated heterocycles. The maximum atomic E-state index is 12.3. The third-order valence-electron chi connectivity index (χ3n) is 4.03. The molecule has 0 aromatic heterocycles. The van der Waals surface area contributed by atoms with Crippen molar-refractivity contribution in [2.24, 2.45) is 5.41 Å². The third kappa shape index (κ3) is 4.63. The fraction of sp³-hybridized carbons (Fsp3) is 0.421. The highest BCUT2D eigenvalue weighted by Crippen LogP contribution is 2.33. The van der Waals surface area contributed by atoms with E-state index in [0.29, 0.717) is 11.4 Å². The van der Waals surface area contributed by atoms with E-state index in [1.807, 2.05) is 0 Å². The Hall–Kier alpha value is -2.58. The van der Waals surface area contributed by atoms with Crippen LogP contribution in [0.4, 0.5) is 11.4 Å². The quantitative estimate of drug-likeness (QED) is 0.762. The molecule has 2 rings (SSSR count). The maximum absolute atomic E-state index is 12.3. The minimum absolute atomic E-state index is 0.00888. The van der Waals surface area contributed by atoms with Gasteiger partial charge >= 0.3 is 11.9 Å². The zero-order valence-corrected chi connectivity index (χ0v) is 17.2. The fourth-order valence-electron chi connectivity index (χ4n) is 2.43. The molecule has 1 N–H and O–H groups in total. The van der Waals surface area contributed by atoms with E-state index in [2.05, 4.69) is 5.32 Å². The monoisotopic (exact) mass is 410 g/mol. The molecule has 0 aliphatic carbocycles. The molecule has 1 aliphatic heterocycles. The van der Waals surface area contributed by atoms with E-state index in [1.54, 1.807) is 39.0 Å². The van der Waals surface area contributed by atoms with Crippen molar-refractivity contribution < 1.29 is 28.6 Å². The first-order valence-electron chi connectivity index (χ1n) is 8.46. The molecular formula is C19H23ClN2O6. The van der Waals surface area contributed by atoms with Gasteiger partial charge in [0.15, 0.2) is 0 Å². The van der Waals surface area contributed by atoms with Crippen molar-refractivity contribution in [1.82, 2.24) is 0 Å². The lowest BCUT2D eigenvalue weighted by atomic mass is 9.95. The standard InChI is InChI=1S/C19H23ClN2O6/c1-19(2,3)18(25)21-14-7-6-11(8-13(14)20)22-10-28-9-12(16(23)26-4)15(22)17(24)27-5/h6-8H,9-10H2,1-5H3,(H,21,25). The molecule has 152 valence electrons. The maximum Gasteiger partial charge on any atom is 0.355 e. The molecule has 0 saturated carbocycles. The zero-order valence-electron chi connectivity index (χ0n) is 16.4. The highest BCUT2D eigenvalue weighted by molar-refractivity contribution is 6.34. The van der Waals surface area contributed by atoms with Crippen molar-refractivity contribution in [3.63, 3.8) is 0 Å². The van der Waals surface area contributed by atoms with E-state index in [0.717, 1.165) is 0 Å². The van der Waals surface area contributed by atoms with Gasteiger partial charge in [0.2, 0.25) is 5.91 Å². The van der Waals surface area contributed by atoms with Crippen LogP contribution in [0, 0.1) is 5.41 Å². The highest BCUT2D eigenvalue weighted by Gasteiger charge is 2.32. The van der Waals surface area contributed by atoms with Crippen LogP contribution in [0.1, 0.15) is 20.8 Å². The second-order valence-corrected chi connectivity index (χ2v) is 7.49. The molecule has 1 heterocycles. The van der Waals surface area contributed by atoms with Crippen LogP contribution in [-0.4, -0.2) is 45.4 Å². The van der Waals surface area contributed by atoms with Gasteiger partial charge in [-0.25, -0.2) is 9.59 Å². The van der Waals surface area contributed by atoms with E-state index >= 15 is 0 Å². The number of carbonyl (C=O) groups excluding carboxylic acids is 3. The SMILES string of the molecule is COC(=O)C1=C(C(=O)OC)N(c2ccc(NC(=O)C(C)(C)C)c(Cl)c2)COC1. The first-order chi connectivity index (χ1) is 13.1. The molecule has 1 aliphatic rings. The van der Waals surface area contributed by atoms with Gasteiger partial charge in [0, 0.05) is 11.1 Å². The van der Waals surface area contributed by atoms with Gasteiger partial charge in [-0.1, -0.05) is 32.4 Å². The second kappa shape index (κ2) is 8.62. The molecule has 0 radical (unpaired) electrons. The Morgan fingerprint density at radius 1 is 1.14 bits per heavy atom. The lowest BCUT2D eigenvalue weighted by molar-refractivity contribution is -0.140. The number of nitrogens with one attached hydrogen (secondary N) is 1. The smallest absolute Gasteiger partial charge is 0.355 e. The van der Waals surface area contributed by atoms with E-state index in [4.69, 9.17) is 25.8 Å². The van der Waals surface area contributed by atoms with Crippen molar-refractivity contribution in [2.45, 2.75) is 20.8 Å². The normalized spacial score (nSPS) is 14.6. The summed E-state index contributed by atoms with van der Waals surface area (Å²) >= 11 is 6.32. The Morgan fingerprint density at radius 2 is 1.79 bits per heavy atom. The number of rotatable bonds is 4. The van der Waals surface area contributed by atoms with Crippen molar-refractivity contribution in [1.29, 1.82) is 0 Å². The largest absolute Gasteiger partial charge is 0.466 e. The molecular weight excluding hydrogens is 388 g/mol. The lowest BCUT2D eigenvalue weighted by Gasteiger charge is -2.31. The van der Waals surface area contributed by atoms with Crippen molar-refractivity contribution >= 4 is 40.8 Å². The predicted molar refractivity (Wildman–Crippen MR) is 104 cm³/mol. The van der Waals surface area contributed by atoms with Crippen LogP contribution in [-0.2, 0) is 28.6 Å². The summed E-state index contributed by atoms with van der Waals surface area (Å²) in [5, 5.41) is 3.03. The summed E-state index contributed by atoms with van der Waals surface area (Å²) in [6.45, 7) is 5.29. The summed E-state index contributed by atoms with van der Waals surface area (Å²) in [5.41, 5.74) is 0.393. The molecule has 0 spiro atoms. The zero-order chi connectivity index (χ0) is 21.1. The van der Waals surface area contributed by atoms with Crippen LogP contribution in [0.15, 0.2) is 29.5 Å². The van der Waals surface area contributed by atoms with Crippen LogP contribution in [0.2, 0.25) is 5.02 Å². The number of carbonyl (C=O) groups is 3. The molecule has 28 heavy (non-hydrogen) atoms. The summed E-state index contributed by atoms with van der Waals surface area (Å²) < 4.78 is 15.0. The van der Waals surface area contributed by atoms with E-state index < -0.39 is 17.4 Å². The van der Waals surface area contributed by atoms with Gasteiger partial charge in [-0.05, 0) is 18.2 Å². The van der Waals surface area contributed by atoms with Crippen molar-refractivity contribution in [2.75, 3.05) is 37.8 Å². The molecule has 9 heteroatoms. The van der Waals surface area contributed by atoms with Crippen molar-refractivity contribution in [3.05, 3.63) is 34.5 Å². The summed E-state index contributed by atoms with van der Waals surface area (Å²) in [6.07, 6.45) is 0. The van der Waals surface area contributed by atoms with Gasteiger partial charge in [0.1, 0.15) is 12.4 Å². The summed E-state index contributed by atoms with van der Waals surface area (Å²) in [4.78, 5) is 38.0. The number of nitrogens with zero attached hydrogens (tertiary/aromatic N) is 1. The lowest BCUT2D eigenvalue weighted by Crippen LogP contribution is -2.38. The molecule has 0 unspecified atom stereocenters. The first-order valence-corrected chi connectivity index (χ1v) is 8.84. The molecule has 8 nitrogen and oxygen atoms in total. The first kappa shape index (κ1) is 21.7. The number of hydrogen-bond acceptors (Lipinski definition) is 7. The van der Waals surface area contributed by atoms with Crippen LogP contribution < -0.4 is 10.2 Å². The molecule has 1 aromatic rings. The summed E-state index contributed by atoms with van der Waals surface area (Å²) in [5.74, 6) is -1.58. The Balaban J connectivity index is 2.42. The number of esters is 2. The number of anilines is 2. The van der Waals surface area contributed by atoms with Crippen LogP contribution >= 0.6 is 11.6 Å². The average Bonchev–Trinajstić information content (AvgIpc) is 2.66. The van der Waals surface area contributed by atoms with Gasteiger partial charge in [0.25, 0.3) is 0 Å². The number of halogens is 1. The number of methoxy groups -OCH3 is 2. The Bertz CT molecular complexity index is 828. The summed E-state index contributed by atoms with van der Waals surface area (Å²) in [7, 11) is 2.43. The topological polar surface area (TPSA) is 94.2 Å². The van der Waals surface area contributed by atoms with Gasteiger partial charge < -0.3 is 24.4 Å². The number of amides is 1. The number of hydrogen-bond donors (Lipinski definition) is 1. The summed E-state index contributed by atoms with van der Waals surface area (Å²) in [6, 6.07) is 4.83. The minimum Gasteiger partial charge on any atom is -0.466 e. The third-order valence-corrected chi connectivity index (χ3v) is 4.34. The Morgan fingerprint density at radius 3 is 2.32 bits per heavy atom. The average molecular weight is 411 g/mol. The number of ether oxygens (including phenoxy) is 3. The molecule has 0 fully saturated rings. The highest BCUT2D eigenvalue weighted by atomic mass is 35.5. The van der Waals surface area contributed by atoms with Gasteiger partial charge in [-0.15, -0.1) is 0 Å². The van der Waals surface area contributed by atoms with Gasteiger partial charge in [0.05, 0.1) is 37.1 Å². The van der Waals surface area contributed by atoms with Crippen LogP contribution in [0.3, 0.4) is 0 Å². The van der Waals surface area contributed by atoms with E-state index in [-0.39, 0.29) is 35.5 Å². The molecule has 0 atom stereocenters. The van der Waals surface area contributed by atoms with Crippen LogP contribution in [0.25, 0.3) is 0 Å². The molecule has 1 aromatic carbocycles. The van der Waals surface area contributed by atoms with Crippen LogP contribution in [0.5, 0.6) is 0 Å². The second-order valence-electron chi connectivity index (χ2n) is 7.08.